The molecule has 1 N–H and O–H groups in total. The Bertz CT molecular complexity index is 722. The van der Waals surface area contributed by atoms with Gasteiger partial charge in [0.15, 0.2) is 0 Å². The van der Waals surface area contributed by atoms with Crippen LogP contribution in [0.25, 0.3) is 0 Å². The van der Waals surface area contributed by atoms with Gasteiger partial charge in [-0.25, -0.2) is 4.39 Å². The number of rotatable bonds is 6. The Kier molecular flexibility index (Phi) is 6.42. The predicted octanol–water partition coefficient (Wildman–Crippen LogP) is 5.96. The molecule has 0 unspecified atom stereocenters. The summed E-state index contributed by atoms with van der Waals surface area (Å²) in [5.74, 6) is 0. The summed E-state index contributed by atoms with van der Waals surface area (Å²) in [6.45, 7) is 0.743. The van der Waals surface area contributed by atoms with Gasteiger partial charge < -0.3 is 5.32 Å². The first kappa shape index (κ1) is 21.5. The molecule has 9 heteroatoms. The summed E-state index contributed by atoms with van der Waals surface area (Å²) in [5.41, 5.74) is -5.45. The Morgan fingerprint density at radius 3 is 1.67 bits per heavy atom. The Labute approximate surface area is 156 Å². The van der Waals surface area contributed by atoms with E-state index in [0.717, 1.165) is 17.7 Å². The lowest BCUT2D eigenvalue weighted by Crippen LogP contribution is -2.50. The molecule has 0 aliphatic carbocycles. The summed E-state index contributed by atoms with van der Waals surface area (Å²) in [6.07, 6.45) is -11.6. The second kappa shape index (κ2) is 8.06. The van der Waals surface area contributed by atoms with E-state index in [2.05, 4.69) is 5.32 Å². The van der Waals surface area contributed by atoms with Gasteiger partial charge in [-0.3, -0.25) is 0 Å². The molecule has 0 bridgehead atoms. The van der Waals surface area contributed by atoms with Gasteiger partial charge in [-0.2, -0.15) is 26.3 Å². The Morgan fingerprint density at radius 2 is 1.19 bits per heavy atom. The van der Waals surface area contributed by atoms with Crippen LogP contribution in [-0.2, 0) is 18.6 Å². The van der Waals surface area contributed by atoms with Gasteiger partial charge in [-0.15, -0.1) is 0 Å². The van der Waals surface area contributed by atoms with Gasteiger partial charge in [-0.05, 0) is 36.2 Å². The minimum atomic E-state index is -6.11. The van der Waals surface area contributed by atoms with E-state index < -0.39 is 23.6 Å². The van der Waals surface area contributed by atoms with Gasteiger partial charge >= 0.3 is 18.0 Å². The average molecular weight is 414 g/mol. The van der Waals surface area contributed by atoms with Crippen molar-refractivity contribution in [3.63, 3.8) is 0 Å². The maximum Gasteiger partial charge on any atom is 0.435 e. The molecule has 27 heavy (non-hydrogen) atoms. The molecular formula is C18H15ClF7N. The molecule has 2 aromatic rings. The molecule has 0 radical (unpaired) electrons. The van der Waals surface area contributed by atoms with E-state index in [1.807, 2.05) is 12.1 Å². The molecule has 148 valence electrons. The third-order valence-electron chi connectivity index (χ3n) is 3.97. The number of hydrogen-bond donors (Lipinski definition) is 1. The SMILES string of the molecule is FC(F)(F)C(F)(c1ccc(CNCCc2ccc(Cl)cc2)cc1)C(F)(F)F. The molecule has 0 spiro atoms. The fourth-order valence-corrected chi connectivity index (χ4v) is 2.58. The van der Waals surface area contributed by atoms with Crippen LogP contribution in [0.2, 0.25) is 5.02 Å². The monoisotopic (exact) mass is 413 g/mol. The molecule has 0 aliphatic rings. The van der Waals surface area contributed by atoms with Crippen molar-refractivity contribution in [2.75, 3.05) is 6.54 Å². The third-order valence-corrected chi connectivity index (χ3v) is 4.22. The van der Waals surface area contributed by atoms with Crippen molar-refractivity contribution >= 4 is 11.6 Å². The van der Waals surface area contributed by atoms with Gasteiger partial charge in [0.05, 0.1) is 0 Å². The van der Waals surface area contributed by atoms with Crippen LogP contribution in [0.15, 0.2) is 48.5 Å². The Hall–Kier alpha value is -1.80. The number of hydrogen-bond acceptors (Lipinski definition) is 1. The molecule has 0 aromatic heterocycles. The van der Waals surface area contributed by atoms with Crippen LogP contribution in [0, 0.1) is 0 Å². The van der Waals surface area contributed by atoms with Crippen molar-refractivity contribution in [3.8, 4) is 0 Å². The van der Waals surface area contributed by atoms with E-state index in [-0.39, 0.29) is 6.54 Å². The van der Waals surface area contributed by atoms with Crippen molar-refractivity contribution in [3.05, 3.63) is 70.2 Å². The molecular weight excluding hydrogens is 399 g/mol. The zero-order valence-electron chi connectivity index (χ0n) is 13.8. The van der Waals surface area contributed by atoms with Gasteiger partial charge in [-0.1, -0.05) is 48.0 Å². The lowest BCUT2D eigenvalue weighted by Gasteiger charge is -2.30. The highest BCUT2D eigenvalue weighted by Gasteiger charge is 2.73. The van der Waals surface area contributed by atoms with Gasteiger partial charge in [0.25, 0.3) is 0 Å². The van der Waals surface area contributed by atoms with Crippen LogP contribution in [0.3, 0.4) is 0 Å². The molecule has 0 aliphatic heterocycles. The highest BCUT2D eigenvalue weighted by molar-refractivity contribution is 6.30. The maximum absolute atomic E-state index is 13.9. The molecule has 2 rings (SSSR count). The van der Waals surface area contributed by atoms with Gasteiger partial charge in [0, 0.05) is 17.1 Å². The molecule has 0 amide bonds. The molecule has 2 aromatic carbocycles. The molecule has 0 heterocycles. The zero-order valence-corrected chi connectivity index (χ0v) is 14.5. The van der Waals surface area contributed by atoms with Crippen LogP contribution >= 0.6 is 11.6 Å². The van der Waals surface area contributed by atoms with Crippen molar-refractivity contribution < 1.29 is 30.7 Å². The smallest absolute Gasteiger partial charge is 0.312 e. The fourth-order valence-electron chi connectivity index (χ4n) is 2.46. The lowest BCUT2D eigenvalue weighted by atomic mass is 9.93. The van der Waals surface area contributed by atoms with E-state index in [1.165, 1.54) is 0 Å². The predicted molar refractivity (Wildman–Crippen MR) is 88.2 cm³/mol. The minimum absolute atomic E-state index is 0.213. The lowest BCUT2D eigenvalue weighted by molar-refractivity contribution is -0.348. The first-order valence-electron chi connectivity index (χ1n) is 7.82. The van der Waals surface area contributed by atoms with Crippen molar-refractivity contribution in [2.45, 2.75) is 31.0 Å². The highest BCUT2D eigenvalue weighted by Crippen LogP contribution is 2.53. The van der Waals surface area contributed by atoms with Gasteiger partial charge in [0.2, 0.25) is 0 Å². The van der Waals surface area contributed by atoms with Crippen LogP contribution < -0.4 is 5.32 Å². The summed E-state index contributed by atoms with van der Waals surface area (Å²) in [6, 6.07) is 10.3. The van der Waals surface area contributed by atoms with Crippen molar-refractivity contribution in [2.24, 2.45) is 0 Å². The van der Waals surface area contributed by atoms with Gasteiger partial charge in [0.1, 0.15) is 0 Å². The number of benzene rings is 2. The first-order valence-corrected chi connectivity index (χ1v) is 8.20. The van der Waals surface area contributed by atoms with Crippen molar-refractivity contribution in [1.82, 2.24) is 5.32 Å². The van der Waals surface area contributed by atoms with Crippen molar-refractivity contribution in [1.29, 1.82) is 0 Å². The quantitative estimate of drug-likeness (QED) is 0.455. The fraction of sp³-hybridized carbons (Fsp3) is 0.333. The molecule has 0 saturated heterocycles. The second-order valence-electron chi connectivity index (χ2n) is 5.90. The van der Waals surface area contributed by atoms with E-state index in [0.29, 0.717) is 35.7 Å². The summed E-state index contributed by atoms with van der Waals surface area (Å²) >= 11 is 5.77. The first-order chi connectivity index (χ1) is 12.4. The Balaban J connectivity index is 1.99. The summed E-state index contributed by atoms with van der Waals surface area (Å²) in [4.78, 5) is 0. The zero-order chi connectivity index (χ0) is 20.3. The second-order valence-corrected chi connectivity index (χ2v) is 6.34. The van der Waals surface area contributed by atoms with E-state index in [1.54, 1.807) is 12.1 Å². The standard InChI is InChI=1S/C18H15ClF7N/c19-15-7-3-12(4-8-15)9-10-27-11-13-1-5-14(6-2-13)16(20,17(21,22)23)18(24,25)26/h1-8,27H,9-11H2. The average Bonchev–Trinajstić information content (AvgIpc) is 2.58. The number of halogens is 8. The van der Waals surface area contributed by atoms with E-state index in [4.69, 9.17) is 11.6 Å². The number of nitrogens with one attached hydrogen (secondary N) is 1. The minimum Gasteiger partial charge on any atom is -0.312 e. The maximum atomic E-state index is 13.9. The normalized spacial score (nSPS) is 13.0. The third kappa shape index (κ3) is 4.93. The molecule has 0 fully saturated rings. The highest BCUT2D eigenvalue weighted by atomic mass is 35.5. The van der Waals surface area contributed by atoms with Crippen LogP contribution in [0.4, 0.5) is 30.7 Å². The summed E-state index contributed by atoms with van der Waals surface area (Å²) < 4.78 is 90.2. The Morgan fingerprint density at radius 1 is 0.704 bits per heavy atom. The molecule has 0 atom stereocenters. The van der Waals surface area contributed by atoms with Crippen LogP contribution in [0.1, 0.15) is 16.7 Å². The molecule has 0 saturated carbocycles. The summed E-state index contributed by atoms with van der Waals surface area (Å²) in [5, 5.41) is 3.62. The van der Waals surface area contributed by atoms with E-state index in [9.17, 15) is 30.7 Å². The largest absolute Gasteiger partial charge is 0.435 e. The number of alkyl halides is 7. The molecule has 1 nitrogen and oxygen atoms in total. The van der Waals surface area contributed by atoms with Crippen LogP contribution in [0.5, 0.6) is 0 Å². The summed E-state index contributed by atoms with van der Waals surface area (Å²) in [7, 11) is 0. The topological polar surface area (TPSA) is 12.0 Å². The van der Waals surface area contributed by atoms with E-state index >= 15 is 0 Å². The van der Waals surface area contributed by atoms with Crippen LogP contribution in [-0.4, -0.2) is 18.9 Å².